The fourth-order valence-electron chi connectivity index (χ4n) is 2.11. The highest BCUT2D eigenvalue weighted by Crippen LogP contribution is 2.29. The molecule has 3 heteroatoms. The summed E-state index contributed by atoms with van der Waals surface area (Å²) < 4.78 is 10.5. The summed E-state index contributed by atoms with van der Waals surface area (Å²) in [5.41, 5.74) is 1.10. The maximum atomic E-state index is 11.6. The van der Waals surface area contributed by atoms with E-state index in [0.29, 0.717) is 17.4 Å². The zero-order valence-corrected chi connectivity index (χ0v) is 11.8. The van der Waals surface area contributed by atoms with Crippen molar-refractivity contribution in [3.8, 4) is 11.5 Å². The Bertz CT molecular complexity index is 410. The van der Waals surface area contributed by atoms with Crippen molar-refractivity contribution in [1.29, 1.82) is 0 Å². The van der Waals surface area contributed by atoms with E-state index in [2.05, 4.69) is 13.8 Å². The number of ketones is 1. The van der Waals surface area contributed by atoms with Gasteiger partial charge >= 0.3 is 0 Å². The second-order valence-corrected chi connectivity index (χ2v) is 4.85. The summed E-state index contributed by atoms with van der Waals surface area (Å²) in [5, 5.41) is 0. The number of hydrogen-bond acceptors (Lipinski definition) is 3. The van der Waals surface area contributed by atoms with Crippen molar-refractivity contribution in [2.24, 2.45) is 11.8 Å². The van der Waals surface area contributed by atoms with Crippen molar-refractivity contribution in [2.45, 2.75) is 27.2 Å². The lowest BCUT2D eigenvalue weighted by Gasteiger charge is -2.18. The molecule has 1 aromatic carbocycles. The van der Waals surface area contributed by atoms with E-state index >= 15 is 0 Å². The van der Waals surface area contributed by atoms with Gasteiger partial charge in [-0.3, -0.25) is 4.79 Å². The van der Waals surface area contributed by atoms with Crippen molar-refractivity contribution in [3.63, 3.8) is 0 Å². The summed E-state index contributed by atoms with van der Waals surface area (Å²) >= 11 is 0. The van der Waals surface area contributed by atoms with E-state index in [4.69, 9.17) is 9.47 Å². The lowest BCUT2D eigenvalue weighted by molar-refractivity contribution is -0.121. The van der Waals surface area contributed by atoms with Crippen LogP contribution in [0.15, 0.2) is 18.2 Å². The summed E-state index contributed by atoms with van der Waals surface area (Å²) in [7, 11) is 3.23. The minimum absolute atomic E-state index is 0.0584. The van der Waals surface area contributed by atoms with Crippen LogP contribution >= 0.6 is 0 Å². The second kappa shape index (κ2) is 6.43. The number of hydrogen-bond donors (Lipinski definition) is 0. The van der Waals surface area contributed by atoms with Crippen LogP contribution in [0.5, 0.6) is 11.5 Å². The van der Waals surface area contributed by atoms with Gasteiger partial charge in [-0.05, 0) is 37.0 Å². The molecule has 0 aliphatic rings. The molecule has 0 saturated carbocycles. The van der Waals surface area contributed by atoms with Gasteiger partial charge in [0.2, 0.25) is 0 Å². The fraction of sp³-hybridized carbons (Fsp3) is 0.533. The van der Waals surface area contributed by atoms with Crippen molar-refractivity contribution in [2.75, 3.05) is 14.2 Å². The quantitative estimate of drug-likeness (QED) is 0.778. The first-order valence-corrected chi connectivity index (χ1v) is 6.21. The third kappa shape index (κ3) is 3.49. The molecule has 1 rings (SSSR count). The van der Waals surface area contributed by atoms with E-state index < -0.39 is 0 Å². The van der Waals surface area contributed by atoms with Crippen LogP contribution in [-0.4, -0.2) is 20.0 Å². The number of methoxy groups -OCH3 is 2. The standard InChI is InChI=1S/C15H22O3/c1-10(2)13(11(3)16)8-12-6-7-14(17-4)15(9-12)18-5/h6-7,9-10,13H,8H2,1-5H3. The predicted octanol–water partition coefficient (Wildman–Crippen LogP) is 3.11. The van der Waals surface area contributed by atoms with Gasteiger partial charge in [0, 0.05) is 5.92 Å². The molecule has 3 nitrogen and oxygen atoms in total. The molecule has 0 N–H and O–H groups in total. The molecule has 0 saturated heterocycles. The van der Waals surface area contributed by atoms with Crippen molar-refractivity contribution in [3.05, 3.63) is 23.8 Å². The SMILES string of the molecule is COc1ccc(CC(C(C)=O)C(C)C)cc1OC. The molecule has 0 bridgehead atoms. The van der Waals surface area contributed by atoms with Gasteiger partial charge in [0.1, 0.15) is 5.78 Å². The highest BCUT2D eigenvalue weighted by atomic mass is 16.5. The Balaban J connectivity index is 2.93. The molecule has 1 aromatic rings. The van der Waals surface area contributed by atoms with E-state index in [-0.39, 0.29) is 11.7 Å². The van der Waals surface area contributed by atoms with Crippen LogP contribution in [0, 0.1) is 11.8 Å². The van der Waals surface area contributed by atoms with Gasteiger partial charge in [-0.25, -0.2) is 0 Å². The monoisotopic (exact) mass is 250 g/mol. The number of rotatable bonds is 6. The molecule has 100 valence electrons. The Hall–Kier alpha value is -1.51. The Morgan fingerprint density at radius 3 is 2.22 bits per heavy atom. The first kappa shape index (κ1) is 14.6. The van der Waals surface area contributed by atoms with Crippen LogP contribution in [0.4, 0.5) is 0 Å². The average molecular weight is 250 g/mol. The summed E-state index contributed by atoms with van der Waals surface area (Å²) in [5.74, 6) is 2.06. The van der Waals surface area contributed by atoms with Gasteiger partial charge in [-0.15, -0.1) is 0 Å². The number of Topliss-reactive ketones (excluding diaryl/α,β-unsaturated/α-hetero) is 1. The van der Waals surface area contributed by atoms with E-state index in [1.165, 1.54) is 0 Å². The van der Waals surface area contributed by atoms with Gasteiger partial charge in [0.15, 0.2) is 11.5 Å². The molecule has 18 heavy (non-hydrogen) atoms. The Labute approximate surface area is 109 Å². The van der Waals surface area contributed by atoms with Gasteiger partial charge in [-0.1, -0.05) is 19.9 Å². The zero-order valence-electron chi connectivity index (χ0n) is 11.8. The summed E-state index contributed by atoms with van der Waals surface area (Å²) in [6.07, 6.45) is 0.743. The molecular formula is C15H22O3. The normalized spacial score (nSPS) is 12.3. The Kier molecular flexibility index (Phi) is 5.20. The molecule has 0 heterocycles. The second-order valence-electron chi connectivity index (χ2n) is 4.85. The topological polar surface area (TPSA) is 35.5 Å². The van der Waals surface area contributed by atoms with Crippen molar-refractivity contribution in [1.82, 2.24) is 0 Å². The maximum Gasteiger partial charge on any atom is 0.160 e. The van der Waals surface area contributed by atoms with Crippen LogP contribution in [0.25, 0.3) is 0 Å². The fourth-order valence-corrected chi connectivity index (χ4v) is 2.11. The molecular weight excluding hydrogens is 228 g/mol. The maximum absolute atomic E-state index is 11.6. The minimum atomic E-state index is 0.0584. The highest BCUT2D eigenvalue weighted by molar-refractivity contribution is 5.78. The van der Waals surface area contributed by atoms with Gasteiger partial charge < -0.3 is 9.47 Å². The molecule has 0 spiro atoms. The molecule has 1 atom stereocenters. The molecule has 0 aliphatic heterocycles. The number of ether oxygens (including phenoxy) is 2. The van der Waals surface area contributed by atoms with E-state index in [0.717, 1.165) is 12.0 Å². The van der Waals surface area contributed by atoms with Gasteiger partial charge in [0.05, 0.1) is 14.2 Å². The Morgan fingerprint density at radius 1 is 1.17 bits per heavy atom. The highest BCUT2D eigenvalue weighted by Gasteiger charge is 2.19. The molecule has 0 fully saturated rings. The molecule has 0 amide bonds. The van der Waals surface area contributed by atoms with Crippen molar-refractivity contribution < 1.29 is 14.3 Å². The third-order valence-corrected chi connectivity index (χ3v) is 3.23. The predicted molar refractivity (Wildman–Crippen MR) is 72.3 cm³/mol. The van der Waals surface area contributed by atoms with Gasteiger partial charge in [-0.2, -0.15) is 0 Å². The van der Waals surface area contributed by atoms with E-state index in [1.54, 1.807) is 21.1 Å². The summed E-state index contributed by atoms with van der Waals surface area (Å²) in [6.45, 7) is 5.81. The number of benzene rings is 1. The van der Waals surface area contributed by atoms with Crippen molar-refractivity contribution >= 4 is 5.78 Å². The smallest absolute Gasteiger partial charge is 0.160 e. The van der Waals surface area contributed by atoms with Crippen LogP contribution < -0.4 is 9.47 Å². The number of carbonyl (C=O) groups excluding carboxylic acids is 1. The first-order chi connectivity index (χ1) is 8.49. The number of carbonyl (C=O) groups is 1. The summed E-state index contributed by atoms with van der Waals surface area (Å²) in [4.78, 5) is 11.6. The van der Waals surface area contributed by atoms with E-state index in [9.17, 15) is 4.79 Å². The van der Waals surface area contributed by atoms with Crippen LogP contribution in [-0.2, 0) is 11.2 Å². The van der Waals surface area contributed by atoms with Gasteiger partial charge in [0.25, 0.3) is 0 Å². The lowest BCUT2D eigenvalue weighted by Crippen LogP contribution is -2.20. The third-order valence-electron chi connectivity index (χ3n) is 3.23. The molecule has 0 aliphatic carbocycles. The van der Waals surface area contributed by atoms with Crippen LogP contribution in [0.3, 0.4) is 0 Å². The largest absolute Gasteiger partial charge is 0.493 e. The van der Waals surface area contributed by atoms with E-state index in [1.807, 2.05) is 18.2 Å². The molecule has 0 aromatic heterocycles. The van der Waals surface area contributed by atoms with Crippen LogP contribution in [0.2, 0.25) is 0 Å². The summed E-state index contributed by atoms with van der Waals surface area (Å²) in [6, 6.07) is 5.81. The Morgan fingerprint density at radius 2 is 1.78 bits per heavy atom. The average Bonchev–Trinajstić information content (AvgIpc) is 2.34. The van der Waals surface area contributed by atoms with Crippen LogP contribution in [0.1, 0.15) is 26.3 Å². The minimum Gasteiger partial charge on any atom is -0.493 e. The molecule has 1 unspecified atom stereocenters. The zero-order chi connectivity index (χ0) is 13.7. The molecule has 0 radical (unpaired) electrons. The lowest BCUT2D eigenvalue weighted by atomic mass is 9.86. The first-order valence-electron chi connectivity index (χ1n) is 6.21.